The number of ether oxygens (including phenoxy) is 2. The van der Waals surface area contributed by atoms with Crippen LogP contribution in [0.5, 0.6) is 11.5 Å². The fourth-order valence-corrected chi connectivity index (χ4v) is 2.45. The van der Waals surface area contributed by atoms with Crippen LogP contribution in [0, 0.1) is 0 Å². The van der Waals surface area contributed by atoms with E-state index in [1.165, 1.54) is 5.56 Å². The zero-order chi connectivity index (χ0) is 17.2. The maximum absolute atomic E-state index is 12.3. The average molecular weight is 327 g/mol. The molecule has 4 nitrogen and oxygen atoms in total. The number of carbonyl (C=O) groups is 1. The van der Waals surface area contributed by atoms with Gasteiger partial charge in [0.2, 0.25) is 0 Å². The minimum Gasteiger partial charge on any atom is -0.493 e. The minimum absolute atomic E-state index is 0.0866. The molecule has 24 heavy (non-hydrogen) atoms. The Morgan fingerprint density at radius 1 is 1.04 bits per heavy atom. The second kappa shape index (κ2) is 9.60. The number of amides is 1. The Labute approximate surface area is 143 Å². The van der Waals surface area contributed by atoms with Crippen LogP contribution in [0.3, 0.4) is 0 Å². The van der Waals surface area contributed by atoms with Gasteiger partial charge in [0.1, 0.15) is 0 Å². The first-order valence-electron chi connectivity index (χ1n) is 8.36. The van der Waals surface area contributed by atoms with E-state index in [4.69, 9.17) is 9.47 Å². The number of nitrogens with one attached hydrogen (secondary N) is 1. The summed E-state index contributed by atoms with van der Waals surface area (Å²) in [6.07, 6.45) is 1.94. The van der Waals surface area contributed by atoms with E-state index in [9.17, 15) is 4.79 Å². The third kappa shape index (κ3) is 5.30. The monoisotopic (exact) mass is 327 g/mol. The van der Waals surface area contributed by atoms with E-state index in [2.05, 4.69) is 17.4 Å². The first kappa shape index (κ1) is 17.9. The summed E-state index contributed by atoms with van der Waals surface area (Å²) in [7, 11) is 1.59. The highest BCUT2D eigenvalue weighted by Crippen LogP contribution is 2.27. The predicted octanol–water partition coefficient (Wildman–Crippen LogP) is 3.60. The number of benzene rings is 2. The molecule has 2 aromatic rings. The van der Waals surface area contributed by atoms with Crippen LogP contribution in [0.4, 0.5) is 0 Å². The van der Waals surface area contributed by atoms with Crippen molar-refractivity contribution < 1.29 is 14.3 Å². The Morgan fingerprint density at radius 3 is 2.38 bits per heavy atom. The van der Waals surface area contributed by atoms with Gasteiger partial charge >= 0.3 is 0 Å². The molecule has 0 aliphatic carbocycles. The molecule has 1 amide bonds. The van der Waals surface area contributed by atoms with Gasteiger partial charge in [-0.15, -0.1) is 0 Å². The van der Waals surface area contributed by atoms with E-state index in [1.807, 2.05) is 49.4 Å². The number of methoxy groups -OCH3 is 1. The molecule has 0 radical (unpaired) electrons. The van der Waals surface area contributed by atoms with Gasteiger partial charge in [-0.2, -0.15) is 0 Å². The van der Waals surface area contributed by atoms with Crippen molar-refractivity contribution in [2.45, 2.75) is 32.3 Å². The van der Waals surface area contributed by atoms with E-state index in [1.54, 1.807) is 7.11 Å². The van der Waals surface area contributed by atoms with Crippen LogP contribution in [-0.4, -0.2) is 25.7 Å². The van der Waals surface area contributed by atoms with Crippen LogP contribution in [0.2, 0.25) is 0 Å². The van der Waals surface area contributed by atoms with Gasteiger partial charge in [-0.1, -0.05) is 49.4 Å². The molecule has 0 fully saturated rings. The Bertz CT molecular complexity index is 628. The number of hydrogen-bond donors (Lipinski definition) is 1. The maximum atomic E-state index is 12.3. The third-order valence-corrected chi connectivity index (χ3v) is 3.79. The predicted molar refractivity (Wildman–Crippen MR) is 95.5 cm³/mol. The van der Waals surface area contributed by atoms with Crippen LogP contribution in [0.1, 0.15) is 25.3 Å². The van der Waals surface area contributed by atoms with Gasteiger partial charge in [0.25, 0.3) is 5.91 Å². The summed E-state index contributed by atoms with van der Waals surface area (Å²) in [5.74, 6) is 1.13. The van der Waals surface area contributed by atoms with Crippen molar-refractivity contribution in [2.24, 2.45) is 0 Å². The van der Waals surface area contributed by atoms with E-state index in [-0.39, 0.29) is 5.91 Å². The molecule has 128 valence electrons. The smallest absolute Gasteiger partial charge is 0.261 e. The van der Waals surface area contributed by atoms with Gasteiger partial charge in [0.15, 0.2) is 17.6 Å². The Balaban J connectivity index is 1.81. The summed E-state index contributed by atoms with van der Waals surface area (Å²) < 4.78 is 11.1. The number of aryl methyl sites for hydroxylation is 1. The summed E-state index contributed by atoms with van der Waals surface area (Å²) in [6.45, 7) is 2.57. The van der Waals surface area contributed by atoms with Gasteiger partial charge < -0.3 is 14.8 Å². The van der Waals surface area contributed by atoms with Crippen molar-refractivity contribution in [3.8, 4) is 11.5 Å². The van der Waals surface area contributed by atoms with Crippen molar-refractivity contribution in [2.75, 3.05) is 13.7 Å². The summed E-state index contributed by atoms with van der Waals surface area (Å²) in [4.78, 5) is 12.3. The molecule has 0 unspecified atom stereocenters. The molecular weight excluding hydrogens is 302 g/mol. The lowest BCUT2D eigenvalue weighted by atomic mass is 10.1. The molecule has 1 N–H and O–H groups in total. The normalized spacial score (nSPS) is 11.6. The molecule has 2 aromatic carbocycles. The van der Waals surface area contributed by atoms with Gasteiger partial charge in [-0.05, 0) is 37.0 Å². The van der Waals surface area contributed by atoms with Gasteiger partial charge in [-0.3, -0.25) is 4.79 Å². The third-order valence-electron chi connectivity index (χ3n) is 3.79. The molecule has 0 bridgehead atoms. The largest absolute Gasteiger partial charge is 0.493 e. The molecule has 4 heteroatoms. The number of para-hydroxylation sites is 2. The lowest BCUT2D eigenvalue weighted by Crippen LogP contribution is -2.38. The lowest BCUT2D eigenvalue weighted by Gasteiger charge is -2.18. The molecule has 0 aliphatic rings. The molecule has 0 aliphatic heterocycles. The Morgan fingerprint density at radius 2 is 1.71 bits per heavy atom. The first-order chi connectivity index (χ1) is 11.7. The zero-order valence-electron chi connectivity index (χ0n) is 14.3. The highest BCUT2D eigenvalue weighted by Gasteiger charge is 2.19. The van der Waals surface area contributed by atoms with Gasteiger partial charge in [-0.25, -0.2) is 0 Å². The van der Waals surface area contributed by atoms with Gasteiger partial charge in [0, 0.05) is 6.54 Å². The van der Waals surface area contributed by atoms with Crippen molar-refractivity contribution in [1.82, 2.24) is 5.32 Å². The highest BCUT2D eigenvalue weighted by atomic mass is 16.5. The number of carbonyl (C=O) groups excluding carboxylic acids is 1. The second-order valence-corrected chi connectivity index (χ2v) is 5.55. The number of rotatable bonds is 9. The van der Waals surface area contributed by atoms with Crippen LogP contribution in [0.25, 0.3) is 0 Å². The molecule has 0 saturated carbocycles. The van der Waals surface area contributed by atoms with Crippen LogP contribution >= 0.6 is 0 Å². The van der Waals surface area contributed by atoms with Gasteiger partial charge in [0.05, 0.1) is 7.11 Å². The standard InChI is InChI=1S/C20H25NO3/c1-3-17(24-19-14-8-7-13-18(19)23-2)20(22)21-15-9-12-16-10-5-4-6-11-16/h4-8,10-11,13-14,17H,3,9,12,15H2,1-2H3,(H,21,22)/t17-/m1/s1. The average Bonchev–Trinajstić information content (AvgIpc) is 2.64. The summed E-state index contributed by atoms with van der Waals surface area (Å²) in [5, 5.41) is 2.96. The molecular formula is C20H25NO3. The fraction of sp³-hybridized carbons (Fsp3) is 0.350. The van der Waals surface area contributed by atoms with Crippen LogP contribution < -0.4 is 14.8 Å². The van der Waals surface area contributed by atoms with E-state index in [0.29, 0.717) is 24.5 Å². The Kier molecular flexibility index (Phi) is 7.15. The van der Waals surface area contributed by atoms with Crippen molar-refractivity contribution in [3.63, 3.8) is 0 Å². The molecule has 0 saturated heterocycles. The van der Waals surface area contributed by atoms with E-state index in [0.717, 1.165) is 12.8 Å². The Hall–Kier alpha value is -2.49. The summed E-state index contributed by atoms with van der Waals surface area (Å²) >= 11 is 0. The molecule has 2 rings (SSSR count). The van der Waals surface area contributed by atoms with E-state index < -0.39 is 6.10 Å². The quantitative estimate of drug-likeness (QED) is 0.716. The van der Waals surface area contributed by atoms with E-state index >= 15 is 0 Å². The summed E-state index contributed by atoms with van der Waals surface area (Å²) in [6, 6.07) is 17.6. The number of hydrogen-bond acceptors (Lipinski definition) is 3. The lowest BCUT2D eigenvalue weighted by molar-refractivity contribution is -0.128. The van der Waals surface area contributed by atoms with Crippen molar-refractivity contribution in [1.29, 1.82) is 0 Å². The zero-order valence-corrected chi connectivity index (χ0v) is 14.3. The first-order valence-corrected chi connectivity index (χ1v) is 8.36. The molecule has 0 spiro atoms. The van der Waals surface area contributed by atoms with Crippen molar-refractivity contribution >= 4 is 5.91 Å². The van der Waals surface area contributed by atoms with Crippen LogP contribution in [-0.2, 0) is 11.2 Å². The second-order valence-electron chi connectivity index (χ2n) is 5.55. The minimum atomic E-state index is -0.516. The SMILES string of the molecule is CC[C@@H](Oc1ccccc1OC)C(=O)NCCCc1ccccc1. The van der Waals surface area contributed by atoms with Crippen LogP contribution in [0.15, 0.2) is 54.6 Å². The molecule has 0 heterocycles. The molecule has 0 aromatic heterocycles. The maximum Gasteiger partial charge on any atom is 0.261 e. The topological polar surface area (TPSA) is 47.6 Å². The summed E-state index contributed by atoms with van der Waals surface area (Å²) in [5.41, 5.74) is 1.28. The highest BCUT2D eigenvalue weighted by molar-refractivity contribution is 5.81. The fourth-order valence-electron chi connectivity index (χ4n) is 2.45. The molecule has 1 atom stereocenters. The van der Waals surface area contributed by atoms with Crippen molar-refractivity contribution in [3.05, 3.63) is 60.2 Å².